The second kappa shape index (κ2) is 6.30. The van der Waals surface area contributed by atoms with Crippen LogP contribution in [0.15, 0.2) is 29.8 Å². The predicted octanol–water partition coefficient (Wildman–Crippen LogP) is 2.58. The number of ether oxygens (including phenoxy) is 1. The van der Waals surface area contributed by atoms with Crippen molar-refractivity contribution in [2.45, 2.75) is 13.3 Å². The van der Waals surface area contributed by atoms with Gasteiger partial charge < -0.3 is 20.1 Å². The molecule has 21 heavy (non-hydrogen) atoms. The van der Waals surface area contributed by atoms with E-state index in [4.69, 9.17) is 4.74 Å². The summed E-state index contributed by atoms with van der Waals surface area (Å²) in [5.74, 6) is -0.605. The summed E-state index contributed by atoms with van der Waals surface area (Å²) in [6.45, 7) is 3.18. The molecule has 2 amide bonds. The number of rotatable bonds is 3. The number of carbonyl (C=O) groups excluding carboxylic acids is 1. The first-order valence-corrected chi connectivity index (χ1v) is 6.64. The summed E-state index contributed by atoms with van der Waals surface area (Å²) in [6.07, 6.45) is 2.82. The standard InChI is InChI=1S/C15H18N2O4/c1-10-5-7-17(8-6-10)15(20)16-13-9-11(21-2)3-4-12(13)14(18)19/h3-5,9H,6-8H2,1-2H3,(H,16,20)(H,18,19). The molecule has 1 aliphatic rings. The number of amides is 2. The minimum absolute atomic E-state index is 0.0351. The van der Waals surface area contributed by atoms with Crippen LogP contribution in [0, 0.1) is 0 Å². The topological polar surface area (TPSA) is 78.9 Å². The van der Waals surface area contributed by atoms with Crippen molar-refractivity contribution in [3.8, 4) is 5.75 Å². The fraction of sp³-hybridized carbons (Fsp3) is 0.333. The molecule has 0 saturated heterocycles. The van der Waals surface area contributed by atoms with Crippen LogP contribution in [0.2, 0.25) is 0 Å². The summed E-state index contributed by atoms with van der Waals surface area (Å²) >= 11 is 0. The van der Waals surface area contributed by atoms with E-state index in [2.05, 4.69) is 5.32 Å². The van der Waals surface area contributed by atoms with Gasteiger partial charge in [0.2, 0.25) is 0 Å². The molecule has 0 bridgehead atoms. The predicted molar refractivity (Wildman–Crippen MR) is 78.9 cm³/mol. The molecule has 1 aromatic rings. The number of anilines is 1. The molecule has 1 heterocycles. The Labute approximate surface area is 123 Å². The van der Waals surface area contributed by atoms with E-state index in [1.165, 1.54) is 24.8 Å². The van der Waals surface area contributed by atoms with Crippen LogP contribution in [0.5, 0.6) is 5.75 Å². The van der Waals surface area contributed by atoms with E-state index in [1.807, 2.05) is 13.0 Å². The van der Waals surface area contributed by atoms with E-state index >= 15 is 0 Å². The van der Waals surface area contributed by atoms with Gasteiger partial charge in [0, 0.05) is 19.2 Å². The Balaban J connectivity index is 2.18. The third-order valence-corrected chi connectivity index (χ3v) is 3.42. The second-order valence-electron chi connectivity index (χ2n) is 4.89. The van der Waals surface area contributed by atoms with Gasteiger partial charge in [-0.25, -0.2) is 9.59 Å². The number of aromatic carboxylic acids is 1. The highest BCUT2D eigenvalue weighted by molar-refractivity contribution is 6.00. The summed E-state index contributed by atoms with van der Waals surface area (Å²) in [7, 11) is 1.49. The minimum atomic E-state index is -1.10. The maximum absolute atomic E-state index is 12.2. The van der Waals surface area contributed by atoms with Crippen LogP contribution in [-0.2, 0) is 0 Å². The lowest BCUT2D eigenvalue weighted by Gasteiger charge is -2.26. The molecular formula is C15H18N2O4. The lowest BCUT2D eigenvalue weighted by molar-refractivity contribution is 0.0698. The van der Waals surface area contributed by atoms with Crippen LogP contribution in [0.4, 0.5) is 10.5 Å². The zero-order valence-electron chi connectivity index (χ0n) is 12.0. The van der Waals surface area contributed by atoms with Crippen molar-refractivity contribution >= 4 is 17.7 Å². The van der Waals surface area contributed by atoms with Crippen LogP contribution in [0.3, 0.4) is 0 Å². The first-order valence-electron chi connectivity index (χ1n) is 6.64. The van der Waals surface area contributed by atoms with Crippen LogP contribution >= 0.6 is 0 Å². The lowest BCUT2D eigenvalue weighted by atomic mass is 10.1. The van der Waals surface area contributed by atoms with Crippen molar-refractivity contribution in [1.29, 1.82) is 0 Å². The largest absolute Gasteiger partial charge is 0.497 e. The number of carbonyl (C=O) groups is 2. The van der Waals surface area contributed by atoms with E-state index in [-0.39, 0.29) is 17.3 Å². The first kappa shape index (κ1) is 14.9. The van der Waals surface area contributed by atoms with E-state index < -0.39 is 5.97 Å². The van der Waals surface area contributed by atoms with Gasteiger partial charge in [-0.1, -0.05) is 11.6 Å². The van der Waals surface area contributed by atoms with Crippen molar-refractivity contribution in [1.82, 2.24) is 4.90 Å². The van der Waals surface area contributed by atoms with Crippen molar-refractivity contribution in [2.24, 2.45) is 0 Å². The highest BCUT2D eigenvalue weighted by Gasteiger charge is 2.19. The molecule has 2 N–H and O–H groups in total. The van der Waals surface area contributed by atoms with Gasteiger partial charge >= 0.3 is 12.0 Å². The molecule has 0 spiro atoms. The Hall–Kier alpha value is -2.50. The van der Waals surface area contributed by atoms with Crippen molar-refractivity contribution in [3.63, 3.8) is 0 Å². The summed E-state index contributed by atoms with van der Waals surface area (Å²) in [5, 5.41) is 11.8. The maximum atomic E-state index is 12.2. The Kier molecular flexibility index (Phi) is 4.47. The summed E-state index contributed by atoms with van der Waals surface area (Å²) in [5.41, 5.74) is 1.53. The van der Waals surface area contributed by atoms with E-state index in [0.717, 1.165) is 6.42 Å². The average molecular weight is 290 g/mol. The number of hydrogen-bond donors (Lipinski definition) is 2. The van der Waals surface area contributed by atoms with Gasteiger partial charge in [-0.15, -0.1) is 0 Å². The number of benzene rings is 1. The zero-order valence-corrected chi connectivity index (χ0v) is 12.0. The molecule has 0 unspecified atom stereocenters. The third-order valence-electron chi connectivity index (χ3n) is 3.42. The van der Waals surface area contributed by atoms with Gasteiger partial charge in [0.1, 0.15) is 5.75 Å². The van der Waals surface area contributed by atoms with Crippen molar-refractivity contribution < 1.29 is 19.4 Å². The number of nitrogens with one attached hydrogen (secondary N) is 1. The van der Waals surface area contributed by atoms with Crippen molar-refractivity contribution in [3.05, 3.63) is 35.4 Å². The number of urea groups is 1. The van der Waals surface area contributed by atoms with Crippen LogP contribution in [-0.4, -0.2) is 42.2 Å². The Bertz CT molecular complexity index is 595. The highest BCUT2D eigenvalue weighted by atomic mass is 16.5. The number of carboxylic acid groups (broad SMARTS) is 1. The lowest BCUT2D eigenvalue weighted by Crippen LogP contribution is -2.38. The van der Waals surface area contributed by atoms with Gasteiger partial charge in [-0.3, -0.25) is 0 Å². The molecular weight excluding hydrogens is 272 g/mol. The second-order valence-corrected chi connectivity index (χ2v) is 4.89. The molecule has 0 atom stereocenters. The minimum Gasteiger partial charge on any atom is -0.497 e. The van der Waals surface area contributed by atoms with Gasteiger partial charge in [0.15, 0.2) is 0 Å². The SMILES string of the molecule is COc1ccc(C(=O)O)c(NC(=O)N2CC=C(C)CC2)c1. The van der Waals surface area contributed by atoms with Gasteiger partial charge in [-0.2, -0.15) is 0 Å². The fourth-order valence-electron chi connectivity index (χ4n) is 2.09. The van der Waals surface area contributed by atoms with Crippen LogP contribution < -0.4 is 10.1 Å². The quantitative estimate of drug-likeness (QED) is 0.839. The maximum Gasteiger partial charge on any atom is 0.337 e. The number of carboxylic acids is 1. The first-order chi connectivity index (χ1) is 10.0. The zero-order chi connectivity index (χ0) is 15.4. The highest BCUT2D eigenvalue weighted by Crippen LogP contribution is 2.23. The Morgan fingerprint density at radius 3 is 2.71 bits per heavy atom. The van der Waals surface area contributed by atoms with E-state index in [9.17, 15) is 14.7 Å². The van der Waals surface area contributed by atoms with Gasteiger partial charge in [0.25, 0.3) is 0 Å². The van der Waals surface area contributed by atoms with Gasteiger partial charge in [-0.05, 0) is 25.5 Å². The molecule has 1 aliphatic heterocycles. The van der Waals surface area contributed by atoms with Crippen LogP contribution in [0.1, 0.15) is 23.7 Å². The van der Waals surface area contributed by atoms with Gasteiger partial charge in [0.05, 0.1) is 18.4 Å². The smallest absolute Gasteiger partial charge is 0.337 e. The number of hydrogen-bond acceptors (Lipinski definition) is 3. The summed E-state index contributed by atoms with van der Waals surface area (Å²) in [6, 6.07) is 4.16. The molecule has 0 fully saturated rings. The molecule has 1 aromatic carbocycles. The fourth-order valence-corrected chi connectivity index (χ4v) is 2.09. The third kappa shape index (κ3) is 3.53. The summed E-state index contributed by atoms with van der Waals surface area (Å²) < 4.78 is 5.06. The molecule has 2 rings (SSSR count). The molecule has 112 valence electrons. The Morgan fingerprint density at radius 2 is 2.14 bits per heavy atom. The molecule has 0 saturated carbocycles. The van der Waals surface area contributed by atoms with Crippen molar-refractivity contribution in [2.75, 3.05) is 25.5 Å². The molecule has 6 heteroatoms. The molecule has 0 aromatic heterocycles. The molecule has 0 radical (unpaired) electrons. The molecule has 0 aliphatic carbocycles. The summed E-state index contributed by atoms with van der Waals surface area (Å²) in [4.78, 5) is 25.0. The monoisotopic (exact) mass is 290 g/mol. The average Bonchev–Trinajstić information content (AvgIpc) is 2.47. The normalized spacial score (nSPS) is 14.4. The van der Waals surface area contributed by atoms with E-state index in [0.29, 0.717) is 18.8 Å². The van der Waals surface area contributed by atoms with E-state index in [1.54, 1.807) is 11.0 Å². The van der Waals surface area contributed by atoms with Crippen LogP contribution in [0.25, 0.3) is 0 Å². The number of nitrogens with zero attached hydrogens (tertiary/aromatic N) is 1. The molecule has 6 nitrogen and oxygen atoms in total. The number of methoxy groups -OCH3 is 1. The Morgan fingerprint density at radius 1 is 1.38 bits per heavy atom.